The lowest BCUT2D eigenvalue weighted by Gasteiger charge is -2.22. The number of rotatable bonds is 6. The lowest BCUT2D eigenvalue weighted by atomic mass is 10.0. The smallest absolute Gasteiger partial charge is 0.335 e. The lowest BCUT2D eigenvalue weighted by Crippen LogP contribution is -2.13. The Kier molecular flexibility index (Phi) is 9.30. The van der Waals surface area contributed by atoms with E-state index in [0.29, 0.717) is 13.1 Å². The molecule has 4 rings (SSSR count). The van der Waals surface area contributed by atoms with Crippen LogP contribution >= 0.6 is 24.8 Å². The SMILES string of the molecule is Cl.Cl.O=C(O)c1ccc(CN2C=CC(=C3C=CN(Cc4ccc(C(=O)O)cc4)C=C3)C=C2)cc1. The molecule has 0 radical (unpaired) electrons. The minimum Gasteiger partial charge on any atom is -0.478 e. The zero-order chi connectivity index (χ0) is 22.5. The third-order valence-corrected chi connectivity index (χ3v) is 5.25. The largest absolute Gasteiger partial charge is 0.478 e. The predicted molar refractivity (Wildman–Crippen MR) is 136 cm³/mol. The van der Waals surface area contributed by atoms with E-state index < -0.39 is 11.9 Å². The van der Waals surface area contributed by atoms with Gasteiger partial charge >= 0.3 is 11.9 Å². The van der Waals surface area contributed by atoms with Gasteiger partial charge in [0.2, 0.25) is 0 Å². The summed E-state index contributed by atoms with van der Waals surface area (Å²) in [5, 5.41) is 18.0. The Hall–Kier alpha value is -3.74. The first kappa shape index (κ1) is 26.5. The predicted octanol–water partition coefficient (Wildman–Crippen LogP) is 5.61. The first-order valence-electron chi connectivity index (χ1n) is 10.1. The van der Waals surface area contributed by atoms with Gasteiger partial charge < -0.3 is 20.0 Å². The van der Waals surface area contributed by atoms with E-state index in [4.69, 9.17) is 10.2 Å². The fourth-order valence-corrected chi connectivity index (χ4v) is 3.44. The van der Waals surface area contributed by atoms with Crippen molar-refractivity contribution in [2.75, 3.05) is 0 Å². The van der Waals surface area contributed by atoms with Crippen molar-refractivity contribution in [3.8, 4) is 0 Å². The van der Waals surface area contributed by atoms with Crippen molar-refractivity contribution in [2.24, 2.45) is 0 Å². The van der Waals surface area contributed by atoms with E-state index in [0.717, 1.165) is 22.3 Å². The van der Waals surface area contributed by atoms with Crippen LogP contribution < -0.4 is 0 Å². The third kappa shape index (κ3) is 6.63. The van der Waals surface area contributed by atoms with Gasteiger partial charge in [-0.2, -0.15) is 0 Å². The van der Waals surface area contributed by atoms with Gasteiger partial charge in [0.25, 0.3) is 0 Å². The van der Waals surface area contributed by atoms with Crippen LogP contribution in [0.25, 0.3) is 0 Å². The van der Waals surface area contributed by atoms with Crippen LogP contribution in [0.2, 0.25) is 0 Å². The van der Waals surface area contributed by atoms with Gasteiger partial charge in [-0.3, -0.25) is 0 Å². The summed E-state index contributed by atoms with van der Waals surface area (Å²) in [6.45, 7) is 1.32. The highest BCUT2D eigenvalue weighted by atomic mass is 35.5. The molecule has 2 N–H and O–H groups in total. The summed E-state index contributed by atoms with van der Waals surface area (Å²) < 4.78 is 0. The summed E-state index contributed by atoms with van der Waals surface area (Å²) in [4.78, 5) is 26.0. The number of carboxylic acid groups (broad SMARTS) is 2. The van der Waals surface area contributed by atoms with Crippen LogP contribution in [0, 0.1) is 0 Å². The normalized spacial score (nSPS) is 14.0. The second kappa shape index (κ2) is 11.9. The van der Waals surface area contributed by atoms with Crippen LogP contribution in [0.5, 0.6) is 0 Å². The number of hydrogen-bond donors (Lipinski definition) is 2. The van der Waals surface area contributed by atoms with Crippen LogP contribution in [-0.2, 0) is 13.1 Å². The van der Waals surface area contributed by atoms with Gasteiger partial charge in [-0.1, -0.05) is 24.3 Å². The van der Waals surface area contributed by atoms with Gasteiger partial charge in [0, 0.05) is 37.9 Å². The monoisotopic (exact) mass is 498 g/mol. The van der Waals surface area contributed by atoms with Gasteiger partial charge in [0.1, 0.15) is 0 Å². The maximum atomic E-state index is 11.0. The lowest BCUT2D eigenvalue weighted by molar-refractivity contribution is 0.0686. The van der Waals surface area contributed by atoms with Crippen molar-refractivity contribution < 1.29 is 19.8 Å². The Morgan fingerprint density at radius 1 is 0.559 bits per heavy atom. The number of carbonyl (C=O) groups is 2. The molecule has 0 amide bonds. The highest BCUT2D eigenvalue weighted by molar-refractivity contribution is 5.88. The molecule has 34 heavy (non-hydrogen) atoms. The van der Waals surface area contributed by atoms with Gasteiger partial charge in [0.05, 0.1) is 11.1 Å². The number of carboxylic acids is 2. The first-order chi connectivity index (χ1) is 15.5. The second-order valence-electron chi connectivity index (χ2n) is 7.52. The van der Waals surface area contributed by atoms with Crippen LogP contribution in [0.1, 0.15) is 31.8 Å². The van der Waals surface area contributed by atoms with E-state index >= 15 is 0 Å². The van der Waals surface area contributed by atoms with Crippen molar-refractivity contribution >= 4 is 36.8 Å². The van der Waals surface area contributed by atoms with Crippen LogP contribution in [0.3, 0.4) is 0 Å². The maximum absolute atomic E-state index is 11.0. The van der Waals surface area contributed by atoms with Crippen molar-refractivity contribution in [1.29, 1.82) is 0 Å². The van der Waals surface area contributed by atoms with Gasteiger partial charge in [-0.25, -0.2) is 9.59 Å². The van der Waals surface area contributed by atoms with E-state index in [-0.39, 0.29) is 35.9 Å². The summed E-state index contributed by atoms with van der Waals surface area (Å²) in [6, 6.07) is 13.8. The highest BCUT2D eigenvalue weighted by Gasteiger charge is 2.09. The third-order valence-electron chi connectivity index (χ3n) is 5.25. The Bertz CT molecular complexity index is 1050. The molecule has 0 saturated carbocycles. The molecular weight excluding hydrogens is 475 g/mol. The molecular formula is C26H24Cl2N2O4. The fourth-order valence-electron chi connectivity index (χ4n) is 3.44. The average molecular weight is 499 g/mol. The zero-order valence-corrected chi connectivity index (χ0v) is 19.7. The molecule has 2 heterocycles. The summed E-state index contributed by atoms with van der Waals surface area (Å²) in [5.74, 6) is -1.84. The molecule has 2 aromatic carbocycles. The quantitative estimate of drug-likeness (QED) is 0.538. The van der Waals surface area contributed by atoms with Gasteiger partial charge in [-0.15, -0.1) is 24.8 Å². The number of halogens is 2. The Morgan fingerprint density at radius 2 is 0.853 bits per heavy atom. The molecule has 0 unspecified atom stereocenters. The molecule has 176 valence electrons. The molecule has 0 aliphatic carbocycles. The van der Waals surface area contributed by atoms with Crippen LogP contribution in [0.4, 0.5) is 0 Å². The molecule has 0 atom stereocenters. The first-order valence-corrected chi connectivity index (χ1v) is 10.1. The number of allylic oxidation sites excluding steroid dienone is 6. The molecule has 2 aliphatic rings. The zero-order valence-electron chi connectivity index (χ0n) is 18.1. The standard InChI is InChI=1S/C26H22N2O4.2ClH/c29-25(30)23-5-1-19(2-6-23)17-27-13-9-21(10-14-27)22-11-15-28(16-12-22)18-20-3-7-24(8-4-20)26(31)32;;/h1-16H,17-18H2,(H,29,30)(H,31,32);2*1H. The van der Waals surface area contributed by atoms with E-state index in [1.54, 1.807) is 24.3 Å². The van der Waals surface area contributed by atoms with E-state index in [1.807, 2.05) is 58.9 Å². The Labute approximate surface area is 210 Å². The summed E-state index contributed by atoms with van der Waals surface area (Å²) in [5.41, 5.74) is 4.83. The molecule has 6 nitrogen and oxygen atoms in total. The van der Waals surface area contributed by atoms with E-state index in [1.165, 1.54) is 0 Å². The second-order valence-corrected chi connectivity index (χ2v) is 7.52. The molecule has 0 spiro atoms. The van der Waals surface area contributed by atoms with Gasteiger partial charge in [0.15, 0.2) is 0 Å². The van der Waals surface area contributed by atoms with E-state index in [2.05, 4.69) is 24.3 Å². The average Bonchev–Trinajstić information content (AvgIpc) is 2.81. The number of aromatic carboxylic acids is 2. The minimum atomic E-state index is -0.922. The summed E-state index contributed by atoms with van der Waals surface area (Å²) >= 11 is 0. The molecule has 8 heteroatoms. The van der Waals surface area contributed by atoms with Crippen molar-refractivity contribution in [3.63, 3.8) is 0 Å². The Balaban J connectivity index is 0.00000204. The number of benzene rings is 2. The number of hydrogen-bond acceptors (Lipinski definition) is 4. The van der Waals surface area contributed by atoms with Crippen molar-refractivity contribution in [2.45, 2.75) is 13.1 Å². The maximum Gasteiger partial charge on any atom is 0.335 e. The minimum absolute atomic E-state index is 0. The van der Waals surface area contributed by atoms with Crippen LogP contribution in [-0.4, -0.2) is 32.0 Å². The topological polar surface area (TPSA) is 81.1 Å². The molecule has 2 aromatic rings. The van der Waals surface area contributed by atoms with Crippen LogP contribution in [0.15, 0.2) is 109 Å². The number of nitrogens with zero attached hydrogens (tertiary/aromatic N) is 2. The summed E-state index contributed by atoms with van der Waals surface area (Å²) in [7, 11) is 0. The fraction of sp³-hybridized carbons (Fsp3) is 0.0769. The van der Waals surface area contributed by atoms with E-state index in [9.17, 15) is 9.59 Å². The Morgan fingerprint density at radius 3 is 1.12 bits per heavy atom. The van der Waals surface area contributed by atoms with Gasteiger partial charge in [-0.05, 0) is 70.8 Å². The molecule has 0 fully saturated rings. The van der Waals surface area contributed by atoms with Crippen molar-refractivity contribution in [1.82, 2.24) is 9.80 Å². The molecule has 0 aromatic heterocycles. The van der Waals surface area contributed by atoms with Crippen molar-refractivity contribution in [3.05, 3.63) is 131 Å². The molecule has 0 saturated heterocycles. The highest BCUT2D eigenvalue weighted by Crippen LogP contribution is 2.21. The molecule has 2 aliphatic heterocycles. The molecule has 0 bridgehead atoms. The summed E-state index contributed by atoms with van der Waals surface area (Å²) in [6.07, 6.45) is 16.2.